The van der Waals surface area contributed by atoms with Crippen molar-refractivity contribution in [3.05, 3.63) is 43.0 Å². The molecule has 1 aromatic heterocycles. The number of rotatable bonds is 6. The lowest BCUT2D eigenvalue weighted by atomic mass is 10.0. The van der Waals surface area contributed by atoms with Gasteiger partial charge in [-0.05, 0) is 31.5 Å². The molecule has 1 atom stereocenters. The SMILES string of the molecule is O=S(=O)(CCN1CCCC[C@H]1Cn1cncn1)c1ccccc1. The fourth-order valence-electron chi connectivity index (χ4n) is 3.09. The molecule has 1 aliphatic rings. The molecule has 1 aromatic carbocycles. The molecule has 1 fully saturated rings. The quantitative estimate of drug-likeness (QED) is 0.803. The first-order valence-electron chi connectivity index (χ1n) is 7.99. The van der Waals surface area contributed by atoms with E-state index in [1.54, 1.807) is 30.6 Å². The van der Waals surface area contributed by atoms with Gasteiger partial charge in [0, 0.05) is 12.6 Å². The molecule has 6 nitrogen and oxygen atoms in total. The second kappa shape index (κ2) is 7.23. The predicted molar refractivity (Wildman–Crippen MR) is 87.7 cm³/mol. The van der Waals surface area contributed by atoms with Gasteiger partial charge in [-0.2, -0.15) is 5.10 Å². The molecule has 2 aromatic rings. The summed E-state index contributed by atoms with van der Waals surface area (Å²) in [5.41, 5.74) is 0. The Morgan fingerprint density at radius 1 is 1.17 bits per heavy atom. The van der Waals surface area contributed by atoms with Crippen molar-refractivity contribution >= 4 is 9.84 Å². The Morgan fingerprint density at radius 2 is 2.00 bits per heavy atom. The summed E-state index contributed by atoms with van der Waals surface area (Å²) in [5, 5.41) is 4.16. The van der Waals surface area contributed by atoms with Crippen LogP contribution in [-0.4, -0.2) is 53.0 Å². The van der Waals surface area contributed by atoms with Crippen molar-refractivity contribution in [3.63, 3.8) is 0 Å². The first-order chi connectivity index (χ1) is 11.1. The zero-order chi connectivity index (χ0) is 16.1. The van der Waals surface area contributed by atoms with Crippen molar-refractivity contribution in [2.75, 3.05) is 18.8 Å². The van der Waals surface area contributed by atoms with Crippen molar-refractivity contribution < 1.29 is 8.42 Å². The Labute approximate surface area is 137 Å². The normalized spacial score (nSPS) is 19.7. The van der Waals surface area contributed by atoms with E-state index >= 15 is 0 Å². The number of aromatic nitrogens is 3. The van der Waals surface area contributed by atoms with Gasteiger partial charge in [0.05, 0.1) is 17.2 Å². The summed E-state index contributed by atoms with van der Waals surface area (Å²) >= 11 is 0. The zero-order valence-electron chi connectivity index (χ0n) is 13.1. The number of nitrogens with zero attached hydrogens (tertiary/aromatic N) is 4. The average molecular weight is 334 g/mol. The fraction of sp³-hybridized carbons (Fsp3) is 0.500. The number of benzene rings is 1. The molecule has 0 unspecified atom stereocenters. The number of likely N-dealkylation sites (tertiary alicyclic amines) is 1. The Kier molecular flexibility index (Phi) is 5.07. The van der Waals surface area contributed by atoms with E-state index in [1.807, 2.05) is 10.7 Å². The summed E-state index contributed by atoms with van der Waals surface area (Å²) in [6, 6.07) is 9.02. The summed E-state index contributed by atoms with van der Waals surface area (Å²) in [5.74, 6) is 0.158. The lowest BCUT2D eigenvalue weighted by molar-refractivity contribution is 0.137. The summed E-state index contributed by atoms with van der Waals surface area (Å²) in [4.78, 5) is 6.67. The standard InChI is InChI=1S/C16H22N4O2S/c21-23(22,16-7-2-1-3-8-16)11-10-19-9-5-4-6-15(19)12-20-14-17-13-18-20/h1-3,7-8,13-15H,4-6,9-12H2/t15-/m0/s1. The highest BCUT2D eigenvalue weighted by Gasteiger charge is 2.25. The van der Waals surface area contributed by atoms with Gasteiger partial charge < -0.3 is 0 Å². The summed E-state index contributed by atoms with van der Waals surface area (Å²) < 4.78 is 26.7. The molecule has 0 radical (unpaired) electrons. The van der Waals surface area contributed by atoms with Crippen molar-refractivity contribution in [2.24, 2.45) is 0 Å². The molecular weight excluding hydrogens is 312 g/mol. The van der Waals surface area contributed by atoms with E-state index in [1.165, 1.54) is 12.7 Å². The van der Waals surface area contributed by atoms with Crippen LogP contribution in [0.15, 0.2) is 47.9 Å². The van der Waals surface area contributed by atoms with Crippen molar-refractivity contribution in [2.45, 2.75) is 36.7 Å². The third-order valence-electron chi connectivity index (χ3n) is 4.36. The van der Waals surface area contributed by atoms with Gasteiger partial charge in [0.15, 0.2) is 9.84 Å². The minimum absolute atomic E-state index is 0.158. The Morgan fingerprint density at radius 3 is 2.74 bits per heavy atom. The number of hydrogen-bond donors (Lipinski definition) is 0. The first kappa shape index (κ1) is 16.1. The minimum Gasteiger partial charge on any atom is -0.298 e. The van der Waals surface area contributed by atoms with Crippen molar-refractivity contribution in [3.8, 4) is 0 Å². The van der Waals surface area contributed by atoms with Crippen molar-refractivity contribution in [1.29, 1.82) is 0 Å². The molecular formula is C16H22N4O2S. The van der Waals surface area contributed by atoms with Crippen LogP contribution in [0, 0.1) is 0 Å². The van der Waals surface area contributed by atoms with Gasteiger partial charge in [-0.25, -0.2) is 13.4 Å². The van der Waals surface area contributed by atoms with E-state index < -0.39 is 9.84 Å². The van der Waals surface area contributed by atoms with Crippen LogP contribution in [0.3, 0.4) is 0 Å². The van der Waals surface area contributed by atoms with E-state index in [0.29, 0.717) is 17.5 Å². The maximum Gasteiger partial charge on any atom is 0.179 e. The topological polar surface area (TPSA) is 68.1 Å². The smallest absolute Gasteiger partial charge is 0.179 e. The van der Waals surface area contributed by atoms with Crippen LogP contribution < -0.4 is 0 Å². The molecule has 0 bridgehead atoms. The van der Waals surface area contributed by atoms with Gasteiger partial charge in [-0.1, -0.05) is 24.6 Å². The highest BCUT2D eigenvalue weighted by Crippen LogP contribution is 2.19. The minimum atomic E-state index is -3.22. The average Bonchev–Trinajstić information content (AvgIpc) is 3.08. The lowest BCUT2D eigenvalue weighted by Gasteiger charge is -2.35. The van der Waals surface area contributed by atoms with Gasteiger partial charge in [0.1, 0.15) is 12.7 Å². The van der Waals surface area contributed by atoms with E-state index in [0.717, 1.165) is 25.9 Å². The molecule has 1 saturated heterocycles. The third-order valence-corrected chi connectivity index (χ3v) is 6.07. The molecule has 124 valence electrons. The van der Waals surface area contributed by atoms with Gasteiger partial charge >= 0.3 is 0 Å². The van der Waals surface area contributed by atoms with Crippen LogP contribution in [0.5, 0.6) is 0 Å². The summed E-state index contributed by atoms with van der Waals surface area (Å²) in [7, 11) is -3.22. The van der Waals surface area contributed by atoms with Crippen LogP contribution in [0.2, 0.25) is 0 Å². The molecule has 0 aliphatic carbocycles. The Bertz CT molecular complexity index is 701. The van der Waals surface area contributed by atoms with E-state index in [4.69, 9.17) is 0 Å². The van der Waals surface area contributed by atoms with Crippen LogP contribution in [0.25, 0.3) is 0 Å². The predicted octanol–water partition coefficient (Wildman–Crippen LogP) is 1.61. The number of hydrogen-bond acceptors (Lipinski definition) is 5. The molecule has 0 spiro atoms. The largest absolute Gasteiger partial charge is 0.298 e. The second-order valence-corrected chi connectivity index (χ2v) is 8.04. The van der Waals surface area contributed by atoms with Gasteiger partial charge in [-0.3, -0.25) is 9.58 Å². The van der Waals surface area contributed by atoms with Crippen LogP contribution in [0.1, 0.15) is 19.3 Å². The maximum absolute atomic E-state index is 12.4. The first-order valence-corrected chi connectivity index (χ1v) is 9.65. The highest BCUT2D eigenvalue weighted by atomic mass is 32.2. The number of piperidine rings is 1. The molecule has 0 saturated carbocycles. The molecule has 0 amide bonds. The lowest BCUT2D eigenvalue weighted by Crippen LogP contribution is -2.44. The molecule has 1 aliphatic heterocycles. The van der Waals surface area contributed by atoms with Crippen LogP contribution in [-0.2, 0) is 16.4 Å². The Balaban J connectivity index is 1.63. The van der Waals surface area contributed by atoms with Crippen LogP contribution >= 0.6 is 0 Å². The van der Waals surface area contributed by atoms with Crippen LogP contribution in [0.4, 0.5) is 0 Å². The number of sulfone groups is 1. The molecule has 0 N–H and O–H groups in total. The molecule has 3 rings (SSSR count). The molecule has 23 heavy (non-hydrogen) atoms. The van der Waals surface area contributed by atoms with Gasteiger partial charge in [0.2, 0.25) is 0 Å². The maximum atomic E-state index is 12.4. The highest BCUT2D eigenvalue weighted by molar-refractivity contribution is 7.91. The van der Waals surface area contributed by atoms with E-state index in [9.17, 15) is 8.42 Å². The fourth-order valence-corrected chi connectivity index (χ4v) is 4.37. The monoisotopic (exact) mass is 334 g/mol. The third kappa shape index (κ3) is 4.17. The summed E-state index contributed by atoms with van der Waals surface area (Å²) in [6.07, 6.45) is 6.63. The molecule has 7 heteroatoms. The van der Waals surface area contributed by atoms with E-state index in [2.05, 4.69) is 15.0 Å². The van der Waals surface area contributed by atoms with Gasteiger partial charge in [-0.15, -0.1) is 0 Å². The van der Waals surface area contributed by atoms with Crippen molar-refractivity contribution in [1.82, 2.24) is 19.7 Å². The zero-order valence-corrected chi connectivity index (χ0v) is 13.9. The van der Waals surface area contributed by atoms with Gasteiger partial charge in [0.25, 0.3) is 0 Å². The summed E-state index contributed by atoms with van der Waals surface area (Å²) in [6.45, 7) is 2.28. The molecule has 2 heterocycles. The van der Waals surface area contributed by atoms with E-state index in [-0.39, 0.29) is 5.75 Å². The second-order valence-electron chi connectivity index (χ2n) is 5.94. The Hall–Kier alpha value is -1.73.